The van der Waals surface area contributed by atoms with Crippen LogP contribution in [-0.2, 0) is 22.6 Å². The highest BCUT2D eigenvalue weighted by atomic mass is 35.5. The highest BCUT2D eigenvalue weighted by Gasteiger charge is 2.38. The van der Waals surface area contributed by atoms with Crippen molar-refractivity contribution in [2.75, 3.05) is 47.4 Å². The van der Waals surface area contributed by atoms with Gasteiger partial charge in [0.1, 0.15) is 11.8 Å². The molecule has 0 unspecified atom stereocenters. The molecule has 4 rings (SSSR count). The first kappa shape index (κ1) is 34.2. The molecular weight excluding hydrogens is 594 g/mol. The number of methoxy groups -OCH3 is 1. The van der Waals surface area contributed by atoms with Crippen LogP contribution in [0.15, 0.2) is 54.6 Å². The highest BCUT2D eigenvalue weighted by Crippen LogP contribution is 2.33. The Hall–Kier alpha value is -3.70. The number of piperazine rings is 1. The average molecular weight is 638 g/mol. The van der Waals surface area contributed by atoms with Gasteiger partial charge >= 0.3 is 6.09 Å². The number of halogens is 1. The zero-order valence-corrected chi connectivity index (χ0v) is 27.1. The van der Waals surface area contributed by atoms with Crippen LogP contribution in [-0.4, -0.2) is 92.0 Å². The van der Waals surface area contributed by atoms with Gasteiger partial charge in [-0.3, -0.25) is 9.59 Å². The standard InChI is InChI=1S/C34H44ClN5O5/c1-38(2)17-7-6-10-27(37)33(42)40-19-18-39(34(43)45-30-16-14-24-8-4-5-9-26(24)32(30)35)22-28(40)29(41)15-12-23-11-13-25(21-36)31(20-23)44-3/h4-5,8-9,11,13-14,16,20,27-28H,6-7,10,12,15,17-19,21-22,36-37H2,1-3H3/t27-,28+/m1/s1. The molecule has 45 heavy (non-hydrogen) atoms. The van der Waals surface area contributed by atoms with Crippen LogP contribution in [0.3, 0.4) is 0 Å². The maximum absolute atomic E-state index is 13.8. The van der Waals surface area contributed by atoms with E-state index in [1.165, 1.54) is 4.90 Å². The number of ether oxygens (including phenoxy) is 2. The summed E-state index contributed by atoms with van der Waals surface area (Å²) in [6.45, 7) is 1.61. The number of ketones is 1. The van der Waals surface area contributed by atoms with Crippen molar-refractivity contribution in [1.82, 2.24) is 14.7 Å². The van der Waals surface area contributed by atoms with E-state index < -0.39 is 18.2 Å². The molecule has 0 aliphatic carbocycles. The molecule has 0 radical (unpaired) electrons. The SMILES string of the molecule is COc1cc(CCC(=O)[C@@H]2CN(C(=O)Oc3ccc4ccccc4c3Cl)CCN2C(=O)[C@H](N)CCCCN(C)C)ccc1CN. The summed E-state index contributed by atoms with van der Waals surface area (Å²) in [5.74, 6) is 0.457. The van der Waals surface area contributed by atoms with Gasteiger partial charge in [0.15, 0.2) is 11.5 Å². The number of carbonyl (C=O) groups excluding carboxylic acids is 3. The predicted octanol–water partition coefficient (Wildman–Crippen LogP) is 4.23. The number of hydrogen-bond acceptors (Lipinski definition) is 8. The Kier molecular flexibility index (Phi) is 12.2. The summed E-state index contributed by atoms with van der Waals surface area (Å²) in [5.41, 5.74) is 13.9. The van der Waals surface area contributed by atoms with E-state index in [0.29, 0.717) is 30.2 Å². The molecule has 4 N–H and O–H groups in total. The van der Waals surface area contributed by atoms with E-state index in [1.807, 2.05) is 62.6 Å². The number of amides is 2. The van der Waals surface area contributed by atoms with E-state index in [0.717, 1.165) is 41.3 Å². The number of rotatable bonds is 13. The lowest BCUT2D eigenvalue weighted by Gasteiger charge is -2.41. The largest absolute Gasteiger partial charge is 0.496 e. The third-order valence-corrected chi connectivity index (χ3v) is 8.63. The van der Waals surface area contributed by atoms with Crippen LogP contribution in [0.4, 0.5) is 4.79 Å². The Balaban J connectivity index is 1.48. The topological polar surface area (TPSA) is 131 Å². The lowest BCUT2D eigenvalue weighted by Crippen LogP contribution is -2.62. The van der Waals surface area contributed by atoms with Crippen LogP contribution >= 0.6 is 11.6 Å². The highest BCUT2D eigenvalue weighted by molar-refractivity contribution is 6.37. The van der Waals surface area contributed by atoms with Gasteiger partial charge in [-0.05, 0) is 63.0 Å². The second-order valence-electron chi connectivity index (χ2n) is 11.7. The van der Waals surface area contributed by atoms with E-state index in [1.54, 1.807) is 18.1 Å². The predicted molar refractivity (Wildman–Crippen MR) is 177 cm³/mol. The van der Waals surface area contributed by atoms with Crippen molar-refractivity contribution in [3.8, 4) is 11.5 Å². The molecule has 0 aromatic heterocycles. The van der Waals surface area contributed by atoms with Gasteiger partial charge in [0.25, 0.3) is 0 Å². The van der Waals surface area contributed by atoms with Crippen molar-refractivity contribution in [2.45, 2.75) is 50.7 Å². The molecular formula is C34H44ClN5O5. The van der Waals surface area contributed by atoms with Crippen molar-refractivity contribution in [3.63, 3.8) is 0 Å². The molecule has 2 amide bonds. The Bertz CT molecular complexity index is 1500. The van der Waals surface area contributed by atoms with Gasteiger partial charge in [0.05, 0.1) is 24.7 Å². The second-order valence-corrected chi connectivity index (χ2v) is 12.1. The molecule has 1 aliphatic heterocycles. The first-order valence-electron chi connectivity index (χ1n) is 15.4. The van der Waals surface area contributed by atoms with E-state index >= 15 is 0 Å². The van der Waals surface area contributed by atoms with Crippen LogP contribution in [0.25, 0.3) is 10.8 Å². The third-order valence-electron chi connectivity index (χ3n) is 8.24. The van der Waals surface area contributed by atoms with E-state index in [-0.39, 0.29) is 43.5 Å². The van der Waals surface area contributed by atoms with Crippen molar-refractivity contribution in [2.24, 2.45) is 11.5 Å². The summed E-state index contributed by atoms with van der Waals surface area (Å²) in [4.78, 5) is 45.8. The first-order chi connectivity index (χ1) is 21.6. The fraction of sp³-hybridized carbons (Fsp3) is 0.441. The maximum Gasteiger partial charge on any atom is 0.415 e. The number of aryl methyl sites for hydroxylation is 1. The number of hydrogen-bond donors (Lipinski definition) is 2. The molecule has 3 aromatic carbocycles. The molecule has 0 saturated carbocycles. The molecule has 0 bridgehead atoms. The first-order valence-corrected chi connectivity index (χ1v) is 15.7. The van der Waals surface area contributed by atoms with Gasteiger partial charge < -0.3 is 35.6 Å². The number of carbonyl (C=O) groups is 3. The fourth-order valence-electron chi connectivity index (χ4n) is 5.62. The van der Waals surface area contributed by atoms with Gasteiger partial charge in [0.2, 0.25) is 5.91 Å². The minimum atomic E-state index is -0.857. The summed E-state index contributed by atoms with van der Waals surface area (Å²) in [6.07, 6.45) is 2.20. The lowest BCUT2D eigenvalue weighted by atomic mass is 9.98. The Morgan fingerprint density at radius 1 is 1.04 bits per heavy atom. The van der Waals surface area contributed by atoms with Crippen LogP contribution in [0, 0.1) is 0 Å². The molecule has 10 nitrogen and oxygen atoms in total. The molecule has 1 aliphatic rings. The molecule has 2 atom stereocenters. The van der Waals surface area contributed by atoms with Gasteiger partial charge in [-0.2, -0.15) is 0 Å². The lowest BCUT2D eigenvalue weighted by molar-refractivity contribution is -0.143. The van der Waals surface area contributed by atoms with Crippen molar-refractivity contribution >= 4 is 40.2 Å². The quantitative estimate of drug-likeness (QED) is 0.266. The number of Topliss-reactive ketones (excluding diaryl/α,β-unsaturated/α-hetero) is 1. The normalized spacial score (nSPS) is 15.8. The monoisotopic (exact) mass is 637 g/mol. The summed E-state index contributed by atoms with van der Waals surface area (Å²) in [6, 6.07) is 15.1. The second kappa shape index (κ2) is 16.0. The van der Waals surface area contributed by atoms with E-state index in [4.69, 9.17) is 32.5 Å². The number of benzene rings is 3. The molecule has 1 saturated heterocycles. The number of nitrogens with zero attached hydrogens (tertiary/aromatic N) is 3. The zero-order valence-electron chi connectivity index (χ0n) is 26.3. The Morgan fingerprint density at radius 2 is 1.82 bits per heavy atom. The number of nitrogens with two attached hydrogens (primary N) is 2. The van der Waals surface area contributed by atoms with Crippen LogP contribution in [0.5, 0.6) is 11.5 Å². The Labute approximate surface area is 270 Å². The third kappa shape index (κ3) is 8.73. The zero-order chi connectivity index (χ0) is 32.5. The molecule has 1 fully saturated rings. The summed E-state index contributed by atoms with van der Waals surface area (Å²) < 4.78 is 11.2. The van der Waals surface area contributed by atoms with Crippen LogP contribution < -0.4 is 20.9 Å². The summed E-state index contributed by atoms with van der Waals surface area (Å²) in [7, 11) is 5.59. The van der Waals surface area contributed by atoms with E-state index in [9.17, 15) is 14.4 Å². The number of fused-ring (bicyclic) bond motifs is 1. The molecule has 1 heterocycles. The maximum atomic E-state index is 13.8. The fourth-order valence-corrected chi connectivity index (χ4v) is 5.89. The Morgan fingerprint density at radius 3 is 2.56 bits per heavy atom. The van der Waals surface area contributed by atoms with Crippen LogP contribution in [0.1, 0.15) is 36.8 Å². The molecule has 242 valence electrons. The molecule has 11 heteroatoms. The summed E-state index contributed by atoms with van der Waals surface area (Å²) >= 11 is 6.58. The van der Waals surface area contributed by atoms with Crippen LogP contribution in [0.2, 0.25) is 5.02 Å². The van der Waals surface area contributed by atoms with Gasteiger partial charge in [-0.25, -0.2) is 4.79 Å². The van der Waals surface area contributed by atoms with Gasteiger partial charge in [0, 0.05) is 37.0 Å². The molecule has 0 spiro atoms. The van der Waals surface area contributed by atoms with Gasteiger partial charge in [-0.1, -0.05) is 60.5 Å². The van der Waals surface area contributed by atoms with Crippen molar-refractivity contribution in [3.05, 3.63) is 70.7 Å². The smallest absolute Gasteiger partial charge is 0.415 e. The van der Waals surface area contributed by atoms with E-state index in [2.05, 4.69) is 4.90 Å². The summed E-state index contributed by atoms with van der Waals surface area (Å²) in [5, 5.41) is 2.02. The number of unbranched alkanes of at least 4 members (excludes halogenated alkanes) is 1. The molecule has 3 aromatic rings. The van der Waals surface area contributed by atoms with Crippen molar-refractivity contribution < 1.29 is 23.9 Å². The minimum Gasteiger partial charge on any atom is -0.496 e. The minimum absolute atomic E-state index is 0.00259. The average Bonchev–Trinajstić information content (AvgIpc) is 3.05. The van der Waals surface area contributed by atoms with Gasteiger partial charge in [-0.15, -0.1) is 0 Å². The van der Waals surface area contributed by atoms with Crippen molar-refractivity contribution in [1.29, 1.82) is 0 Å².